The molecule has 0 unspecified atom stereocenters. The van der Waals surface area contributed by atoms with Crippen molar-refractivity contribution in [2.24, 2.45) is 0 Å². The molecule has 0 saturated carbocycles. The molecule has 0 aliphatic carbocycles. The van der Waals surface area contributed by atoms with Gasteiger partial charge in [-0.2, -0.15) is 0 Å². The van der Waals surface area contributed by atoms with Crippen molar-refractivity contribution in [2.45, 2.75) is 63.4 Å². The van der Waals surface area contributed by atoms with Crippen LogP contribution in [0.3, 0.4) is 0 Å². The summed E-state index contributed by atoms with van der Waals surface area (Å²) in [5.74, 6) is 0.162. The molecule has 2 aromatic carbocycles. The zero-order chi connectivity index (χ0) is 35.3. The molecule has 2 aliphatic heterocycles. The summed E-state index contributed by atoms with van der Waals surface area (Å²) in [6.07, 6.45) is 0.314. The zero-order valence-corrected chi connectivity index (χ0v) is 29.7. The molecule has 0 bridgehead atoms. The van der Waals surface area contributed by atoms with E-state index in [0.29, 0.717) is 47.7 Å². The maximum Gasteiger partial charge on any atom is 0.410 e. The minimum atomic E-state index is -1.78. The monoisotopic (exact) mass is 796 g/mol. The second-order valence-electron chi connectivity index (χ2n) is 12.4. The van der Waals surface area contributed by atoms with Gasteiger partial charge in [-0.15, -0.1) is 0 Å². The Labute approximate surface area is 290 Å². The van der Waals surface area contributed by atoms with Gasteiger partial charge in [0.15, 0.2) is 11.3 Å². The first-order valence-electron chi connectivity index (χ1n) is 15.1. The molecule has 0 spiro atoms. The number of piperidine rings is 2. The summed E-state index contributed by atoms with van der Waals surface area (Å²) in [4.78, 5) is 60.1. The molecule has 2 aliphatic rings. The van der Waals surface area contributed by atoms with Crippen LogP contribution in [0.15, 0.2) is 54.9 Å². The molecule has 258 valence electrons. The molecule has 1 amide bonds. The number of carboxylic acid groups (broad SMARTS) is 1. The van der Waals surface area contributed by atoms with Crippen molar-refractivity contribution >= 4 is 66.2 Å². The second kappa shape index (κ2) is 15.2. The Bertz CT molecular complexity index is 1900. The number of halogens is 4. The van der Waals surface area contributed by atoms with Gasteiger partial charge >= 0.3 is 6.09 Å². The quantitative estimate of drug-likeness (QED) is 0.183. The third kappa shape index (κ3) is 9.02. The topological polar surface area (TPSA) is 170 Å². The van der Waals surface area contributed by atoms with Crippen molar-refractivity contribution in [3.05, 3.63) is 77.7 Å². The van der Waals surface area contributed by atoms with E-state index in [9.17, 15) is 18.8 Å². The van der Waals surface area contributed by atoms with Crippen LogP contribution in [0.25, 0.3) is 21.8 Å². The summed E-state index contributed by atoms with van der Waals surface area (Å²) in [5.41, 5.74) is -3.61. The van der Waals surface area contributed by atoms with Crippen molar-refractivity contribution in [2.75, 3.05) is 26.2 Å². The fourth-order valence-corrected chi connectivity index (χ4v) is 6.04. The smallest absolute Gasteiger partial charge is 0.410 e. The summed E-state index contributed by atoms with van der Waals surface area (Å²) in [6.45, 7) is 6.71. The molecular weight excluding hydrogens is 762 g/mol. The van der Waals surface area contributed by atoms with E-state index >= 15 is 4.39 Å². The maximum atomic E-state index is 15.4. The van der Waals surface area contributed by atoms with Gasteiger partial charge in [0.1, 0.15) is 17.2 Å². The number of H-pyrrole nitrogens is 2. The lowest BCUT2D eigenvalue weighted by molar-refractivity contribution is -0.122. The van der Waals surface area contributed by atoms with E-state index in [1.54, 1.807) is 57.2 Å². The van der Waals surface area contributed by atoms with Crippen LogP contribution < -0.4 is 16.4 Å². The number of amides is 1. The Morgan fingerprint density at radius 1 is 0.875 bits per heavy atom. The molecular formula is C32H36Br2F2N6O6. The zero-order valence-electron chi connectivity index (χ0n) is 26.5. The molecule has 2 saturated heterocycles. The lowest BCUT2D eigenvalue weighted by Crippen LogP contribution is -2.46. The van der Waals surface area contributed by atoms with Crippen LogP contribution in [-0.4, -0.2) is 74.3 Å². The van der Waals surface area contributed by atoms with Gasteiger partial charge in [-0.05, 0) is 70.3 Å². The van der Waals surface area contributed by atoms with E-state index in [-0.39, 0.29) is 55.2 Å². The SMILES string of the molecule is CC(C)(C)OC(=O)N1CCC(F)(c2nc3ccc(Br)cc3c(=O)[nH]2)CC1.O=CO.O=c1[nH]c(C2(F)CCNCC2)nc2ccc(Br)cc12. The largest absolute Gasteiger partial charge is 0.483 e. The Morgan fingerprint density at radius 2 is 1.29 bits per heavy atom. The highest BCUT2D eigenvalue weighted by Crippen LogP contribution is 2.36. The number of hydrogen-bond donors (Lipinski definition) is 4. The first-order chi connectivity index (χ1) is 22.6. The Kier molecular flexibility index (Phi) is 11.7. The van der Waals surface area contributed by atoms with Crippen molar-refractivity contribution < 1.29 is 28.2 Å². The summed E-state index contributed by atoms with van der Waals surface area (Å²) in [7, 11) is 0. The number of carbonyl (C=O) groups is 2. The minimum absolute atomic E-state index is 0.0150. The average Bonchev–Trinajstić information content (AvgIpc) is 3.02. The number of benzene rings is 2. The highest BCUT2D eigenvalue weighted by atomic mass is 79.9. The number of hydrogen-bond acceptors (Lipinski definition) is 8. The number of nitrogens with zero attached hydrogens (tertiary/aromatic N) is 3. The lowest BCUT2D eigenvalue weighted by Gasteiger charge is -2.36. The first-order valence-corrected chi connectivity index (χ1v) is 16.7. The van der Waals surface area contributed by atoms with Gasteiger partial charge in [-0.3, -0.25) is 14.4 Å². The standard InChI is InChI=1S/C18H21BrFN3O3.C13H13BrFN3O.CH2O2/c1-17(2,3)26-16(25)23-8-6-18(20,7-9-23)15-21-13-5-4-11(19)10-12(13)14(24)22-15;14-8-1-2-10-9(7-8)11(19)18-12(17-10)13(15)3-5-16-6-4-13;2-1-3/h4-5,10H,6-9H2,1-3H3,(H,21,22,24);1-2,7,16H,3-6H2,(H,17,18,19);1H,(H,2,3). The van der Waals surface area contributed by atoms with Gasteiger partial charge in [0.2, 0.25) is 0 Å². The predicted octanol–water partition coefficient (Wildman–Crippen LogP) is 5.82. The fraction of sp³-hybridized carbons (Fsp3) is 0.438. The average molecular weight is 798 g/mol. The van der Waals surface area contributed by atoms with Crippen LogP contribution in [0.5, 0.6) is 0 Å². The van der Waals surface area contributed by atoms with Crippen molar-refractivity contribution in [3.63, 3.8) is 0 Å². The van der Waals surface area contributed by atoms with Crippen LogP contribution in [-0.2, 0) is 20.9 Å². The number of aromatic nitrogens is 4. The number of aromatic amines is 2. The summed E-state index contributed by atoms with van der Waals surface area (Å²) in [5, 5.41) is 10.9. The molecule has 4 aromatic rings. The highest BCUT2D eigenvalue weighted by Gasteiger charge is 2.41. The van der Waals surface area contributed by atoms with E-state index in [1.165, 1.54) is 4.90 Å². The number of likely N-dealkylation sites (tertiary alicyclic amines) is 1. The van der Waals surface area contributed by atoms with E-state index in [0.717, 1.165) is 8.95 Å². The molecule has 0 atom stereocenters. The molecule has 2 aromatic heterocycles. The van der Waals surface area contributed by atoms with Gasteiger partial charge in [0, 0.05) is 47.7 Å². The van der Waals surface area contributed by atoms with Crippen LogP contribution in [0.2, 0.25) is 0 Å². The Hall–Kier alpha value is -3.76. The Morgan fingerprint density at radius 3 is 1.71 bits per heavy atom. The second-order valence-corrected chi connectivity index (χ2v) is 14.2. The number of ether oxygens (including phenoxy) is 1. The molecule has 16 heteroatoms. The van der Waals surface area contributed by atoms with Gasteiger partial charge < -0.3 is 30.0 Å². The van der Waals surface area contributed by atoms with Crippen molar-refractivity contribution in [1.82, 2.24) is 30.2 Å². The number of nitrogens with one attached hydrogen (secondary N) is 3. The Balaban J connectivity index is 0.000000208. The van der Waals surface area contributed by atoms with Gasteiger partial charge in [-0.25, -0.2) is 23.5 Å². The fourth-order valence-electron chi connectivity index (χ4n) is 5.31. The number of carbonyl (C=O) groups excluding carboxylic acids is 1. The minimum Gasteiger partial charge on any atom is -0.483 e. The van der Waals surface area contributed by atoms with Gasteiger partial charge in [-0.1, -0.05) is 31.9 Å². The van der Waals surface area contributed by atoms with Crippen molar-refractivity contribution in [3.8, 4) is 0 Å². The van der Waals surface area contributed by atoms with Gasteiger partial charge in [0.25, 0.3) is 17.6 Å². The molecule has 4 N–H and O–H groups in total. The van der Waals surface area contributed by atoms with E-state index < -0.39 is 23.0 Å². The third-order valence-corrected chi connectivity index (χ3v) is 8.77. The maximum absolute atomic E-state index is 15.4. The normalized spacial score (nSPS) is 17.0. The van der Waals surface area contributed by atoms with Crippen LogP contribution in [0, 0.1) is 0 Å². The van der Waals surface area contributed by atoms with Gasteiger partial charge in [0.05, 0.1) is 21.8 Å². The molecule has 48 heavy (non-hydrogen) atoms. The molecule has 4 heterocycles. The summed E-state index contributed by atoms with van der Waals surface area (Å²) >= 11 is 6.62. The molecule has 6 rings (SSSR count). The van der Waals surface area contributed by atoms with E-state index in [1.807, 2.05) is 0 Å². The molecule has 2 fully saturated rings. The number of rotatable bonds is 2. The molecule has 12 nitrogen and oxygen atoms in total. The van der Waals surface area contributed by atoms with Crippen LogP contribution in [0.1, 0.15) is 58.1 Å². The van der Waals surface area contributed by atoms with Crippen LogP contribution >= 0.6 is 31.9 Å². The third-order valence-electron chi connectivity index (χ3n) is 7.79. The highest BCUT2D eigenvalue weighted by molar-refractivity contribution is 9.10. The predicted molar refractivity (Wildman–Crippen MR) is 184 cm³/mol. The van der Waals surface area contributed by atoms with E-state index in [2.05, 4.69) is 57.1 Å². The molecule has 0 radical (unpaired) electrons. The number of alkyl halides is 2. The number of fused-ring (bicyclic) bond motifs is 2. The first kappa shape index (κ1) is 37.1. The van der Waals surface area contributed by atoms with Crippen molar-refractivity contribution in [1.29, 1.82) is 0 Å². The summed E-state index contributed by atoms with van der Waals surface area (Å²) in [6, 6.07) is 10.3. The van der Waals surface area contributed by atoms with E-state index in [4.69, 9.17) is 14.6 Å². The van der Waals surface area contributed by atoms with Crippen LogP contribution in [0.4, 0.5) is 13.6 Å². The lowest BCUT2D eigenvalue weighted by atomic mass is 9.92. The summed E-state index contributed by atoms with van der Waals surface area (Å²) < 4.78 is 37.1.